The lowest BCUT2D eigenvalue weighted by atomic mass is 9.97. The molecule has 0 amide bonds. The first kappa shape index (κ1) is 32.0. The number of rotatable bonds is 6. The van der Waals surface area contributed by atoms with Crippen LogP contribution in [0, 0.1) is 0 Å². The van der Waals surface area contributed by atoms with Crippen LogP contribution in [0.2, 0.25) is 0 Å². The molecule has 56 heavy (non-hydrogen) atoms. The highest BCUT2D eigenvalue weighted by atomic mass is 16.3. The molecule has 262 valence electrons. The molecule has 1 aromatic heterocycles. The topological polar surface area (TPSA) is 16.4 Å². The van der Waals surface area contributed by atoms with Crippen LogP contribution in [0.25, 0.3) is 87.6 Å². The molecule has 2 nitrogen and oxygen atoms in total. The Morgan fingerprint density at radius 2 is 0.804 bits per heavy atom. The van der Waals surface area contributed by atoms with Crippen LogP contribution < -0.4 is 4.90 Å². The quantitative estimate of drug-likeness (QED) is 0.160. The Bertz CT molecular complexity index is 3230. The van der Waals surface area contributed by atoms with E-state index < -0.39 is 0 Å². The summed E-state index contributed by atoms with van der Waals surface area (Å²) in [5, 5.41) is 9.77. The Balaban J connectivity index is 1.02. The number of hydrogen-bond donors (Lipinski definition) is 0. The van der Waals surface area contributed by atoms with Gasteiger partial charge in [0.05, 0.1) is 0 Å². The number of furan rings is 1. The van der Waals surface area contributed by atoms with Crippen molar-refractivity contribution in [2.75, 3.05) is 4.90 Å². The summed E-state index contributed by atoms with van der Waals surface area (Å²) in [6.45, 7) is 0. The third kappa shape index (κ3) is 5.51. The molecule has 0 unspecified atom stereocenters. The average Bonchev–Trinajstić information content (AvgIpc) is 3.64. The molecule has 0 N–H and O–H groups in total. The zero-order valence-electron chi connectivity index (χ0n) is 30.6. The standard InChI is InChI=1S/C54H35NO/c1-2-9-36(10-3-1)43-25-32-53-52(34-43)50-31-30-46(35-54(50)56-53)55(45-28-23-40(24-29-45)48-16-8-13-38-11-4-6-14-47(38)48)44-26-21-37(22-27-44)42-20-19-41-18-17-39-12-5-7-15-49(39)51(41)33-42/h1-35H. The van der Waals surface area contributed by atoms with E-state index >= 15 is 0 Å². The molecule has 11 aromatic rings. The van der Waals surface area contributed by atoms with Crippen molar-refractivity contribution in [3.05, 3.63) is 212 Å². The lowest BCUT2D eigenvalue weighted by Crippen LogP contribution is -2.09. The monoisotopic (exact) mass is 713 g/mol. The van der Waals surface area contributed by atoms with Crippen molar-refractivity contribution in [2.24, 2.45) is 0 Å². The Hall–Kier alpha value is -7.42. The van der Waals surface area contributed by atoms with Crippen LogP contribution in [-0.4, -0.2) is 0 Å². The van der Waals surface area contributed by atoms with Gasteiger partial charge in [-0.2, -0.15) is 0 Å². The minimum absolute atomic E-state index is 0.861. The van der Waals surface area contributed by atoms with Crippen molar-refractivity contribution in [1.29, 1.82) is 0 Å². The summed E-state index contributed by atoms with van der Waals surface area (Å²) < 4.78 is 6.54. The number of anilines is 3. The second-order valence-corrected chi connectivity index (χ2v) is 14.5. The van der Waals surface area contributed by atoms with Gasteiger partial charge in [-0.1, -0.05) is 152 Å². The van der Waals surface area contributed by atoms with Crippen LogP contribution >= 0.6 is 0 Å². The van der Waals surface area contributed by atoms with Crippen LogP contribution in [0.1, 0.15) is 0 Å². The first-order chi connectivity index (χ1) is 27.7. The Morgan fingerprint density at radius 3 is 1.57 bits per heavy atom. The van der Waals surface area contributed by atoms with Gasteiger partial charge in [-0.3, -0.25) is 0 Å². The Morgan fingerprint density at radius 1 is 0.268 bits per heavy atom. The van der Waals surface area contributed by atoms with Crippen molar-refractivity contribution in [2.45, 2.75) is 0 Å². The van der Waals surface area contributed by atoms with E-state index in [4.69, 9.17) is 4.42 Å². The number of benzene rings is 10. The van der Waals surface area contributed by atoms with Gasteiger partial charge in [-0.15, -0.1) is 0 Å². The molecule has 10 aromatic carbocycles. The smallest absolute Gasteiger partial charge is 0.137 e. The molecule has 1 heterocycles. The van der Waals surface area contributed by atoms with Crippen LogP contribution in [0.5, 0.6) is 0 Å². The fourth-order valence-corrected chi connectivity index (χ4v) is 8.41. The van der Waals surface area contributed by atoms with Gasteiger partial charge < -0.3 is 9.32 Å². The fraction of sp³-hybridized carbons (Fsp3) is 0. The minimum Gasteiger partial charge on any atom is -0.456 e. The molecule has 2 heteroatoms. The van der Waals surface area contributed by atoms with Crippen LogP contribution in [0.3, 0.4) is 0 Å². The highest BCUT2D eigenvalue weighted by Crippen LogP contribution is 2.41. The maximum absolute atomic E-state index is 6.54. The highest BCUT2D eigenvalue weighted by molar-refractivity contribution is 6.09. The molecule has 0 saturated heterocycles. The van der Waals surface area contributed by atoms with E-state index in [1.807, 2.05) is 0 Å². The van der Waals surface area contributed by atoms with E-state index in [9.17, 15) is 0 Å². The minimum atomic E-state index is 0.861. The maximum atomic E-state index is 6.54. The fourth-order valence-electron chi connectivity index (χ4n) is 8.41. The van der Waals surface area contributed by atoms with E-state index in [-0.39, 0.29) is 0 Å². The predicted molar refractivity (Wildman–Crippen MR) is 237 cm³/mol. The molecule has 11 rings (SSSR count). The number of fused-ring (bicyclic) bond motifs is 7. The molecule has 0 aliphatic carbocycles. The van der Waals surface area contributed by atoms with Crippen LogP contribution in [0.15, 0.2) is 217 Å². The SMILES string of the molecule is c1ccc(-c2ccc3oc4cc(N(c5ccc(-c6ccc7ccc8ccccc8c7c6)cc5)c5ccc(-c6cccc7ccccc67)cc5)ccc4c3c2)cc1. The largest absolute Gasteiger partial charge is 0.456 e. The van der Waals surface area contributed by atoms with Crippen molar-refractivity contribution in [3.63, 3.8) is 0 Å². The summed E-state index contributed by atoms with van der Waals surface area (Å²) in [6, 6.07) is 76.5. The van der Waals surface area contributed by atoms with E-state index in [1.54, 1.807) is 0 Å². The van der Waals surface area contributed by atoms with E-state index in [0.717, 1.165) is 39.0 Å². The summed E-state index contributed by atoms with van der Waals surface area (Å²) >= 11 is 0. The Labute approximate surface area is 325 Å². The molecule has 0 radical (unpaired) electrons. The Kier molecular flexibility index (Phi) is 7.53. The molecular weight excluding hydrogens is 679 g/mol. The molecule has 0 aliphatic heterocycles. The van der Waals surface area contributed by atoms with Gasteiger partial charge in [0, 0.05) is 33.9 Å². The van der Waals surface area contributed by atoms with Gasteiger partial charge >= 0.3 is 0 Å². The lowest BCUT2D eigenvalue weighted by Gasteiger charge is -2.26. The molecule has 0 spiro atoms. The first-order valence-electron chi connectivity index (χ1n) is 19.2. The van der Waals surface area contributed by atoms with Gasteiger partial charge in [-0.25, -0.2) is 0 Å². The second kappa shape index (κ2) is 13.2. The lowest BCUT2D eigenvalue weighted by molar-refractivity contribution is 0.669. The van der Waals surface area contributed by atoms with Gasteiger partial charge in [-0.05, 0) is 120 Å². The second-order valence-electron chi connectivity index (χ2n) is 14.5. The third-order valence-corrected chi connectivity index (χ3v) is 11.3. The zero-order chi connectivity index (χ0) is 37.0. The van der Waals surface area contributed by atoms with Crippen molar-refractivity contribution >= 4 is 71.3 Å². The summed E-state index contributed by atoms with van der Waals surface area (Å²) in [5.74, 6) is 0. The maximum Gasteiger partial charge on any atom is 0.137 e. The summed E-state index contributed by atoms with van der Waals surface area (Å²) in [6.07, 6.45) is 0. The van der Waals surface area contributed by atoms with Gasteiger partial charge in [0.25, 0.3) is 0 Å². The van der Waals surface area contributed by atoms with Gasteiger partial charge in [0.1, 0.15) is 11.2 Å². The van der Waals surface area contributed by atoms with Crippen molar-refractivity contribution in [3.8, 4) is 33.4 Å². The van der Waals surface area contributed by atoms with Gasteiger partial charge in [0.15, 0.2) is 0 Å². The zero-order valence-corrected chi connectivity index (χ0v) is 30.6. The summed E-state index contributed by atoms with van der Waals surface area (Å²) in [5.41, 5.74) is 12.1. The number of hydrogen-bond acceptors (Lipinski definition) is 2. The van der Waals surface area contributed by atoms with Gasteiger partial charge in [0.2, 0.25) is 0 Å². The molecule has 0 atom stereocenters. The molecule has 0 bridgehead atoms. The third-order valence-electron chi connectivity index (χ3n) is 11.3. The highest BCUT2D eigenvalue weighted by Gasteiger charge is 2.17. The normalized spacial score (nSPS) is 11.6. The first-order valence-corrected chi connectivity index (χ1v) is 19.2. The molecule has 0 saturated carbocycles. The van der Waals surface area contributed by atoms with E-state index in [2.05, 4.69) is 217 Å². The van der Waals surface area contributed by atoms with Crippen LogP contribution in [0.4, 0.5) is 17.1 Å². The summed E-state index contributed by atoms with van der Waals surface area (Å²) in [4.78, 5) is 2.33. The van der Waals surface area contributed by atoms with E-state index in [0.29, 0.717) is 0 Å². The number of nitrogens with zero attached hydrogens (tertiary/aromatic N) is 1. The average molecular weight is 714 g/mol. The van der Waals surface area contributed by atoms with Crippen LogP contribution in [-0.2, 0) is 0 Å². The predicted octanol–water partition coefficient (Wildman–Crippen LogP) is 15.5. The molecule has 0 aliphatic rings. The molecular formula is C54H35NO. The summed E-state index contributed by atoms with van der Waals surface area (Å²) in [7, 11) is 0. The molecule has 0 fully saturated rings. The van der Waals surface area contributed by atoms with Crippen molar-refractivity contribution < 1.29 is 4.42 Å². The van der Waals surface area contributed by atoms with E-state index in [1.165, 1.54) is 65.7 Å². The van der Waals surface area contributed by atoms with Crippen molar-refractivity contribution in [1.82, 2.24) is 0 Å².